The molecule has 3 aromatic rings. The fraction of sp³-hybridized carbons (Fsp3) is 0.222. The maximum absolute atomic E-state index is 13.7. The Kier molecular flexibility index (Phi) is 6.74. The number of aliphatic hydroxyl groups is 1. The van der Waals surface area contributed by atoms with Crippen LogP contribution in [0.4, 0.5) is 13.2 Å². The number of hydrogen-bond acceptors (Lipinski definition) is 3. The number of hydrogen-bond donors (Lipinski definition) is 3. The molecule has 0 saturated carbocycles. The Morgan fingerprint density at radius 2 is 1.71 bits per heavy atom. The molecule has 3 aromatic carbocycles. The number of carboxylic acids is 1. The predicted octanol–water partition coefficient (Wildman–Crippen LogP) is 5.78. The summed E-state index contributed by atoms with van der Waals surface area (Å²) in [4.78, 5) is 11.5. The van der Waals surface area contributed by atoms with Crippen LogP contribution in [-0.2, 0) is 17.5 Å². The minimum atomic E-state index is -4.69. The second-order valence-electron chi connectivity index (χ2n) is 8.06. The van der Waals surface area contributed by atoms with E-state index in [1.54, 1.807) is 12.1 Å². The third kappa shape index (κ3) is 5.73. The molecule has 0 fully saturated rings. The number of halogens is 3. The van der Waals surface area contributed by atoms with Crippen LogP contribution in [0, 0.1) is 6.92 Å². The predicted molar refractivity (Wildman–Crippen MR) is 127 cm³/mol. The Hall–Kier alpha value is -3.42. The second kappa shape index (κ2) is 10.2. The molecule has 0 aliphatic heterocycles. The zero-order valence-corrected chi connectivity index (χ0v) is 18.6. The van der Waals surface area contributed by atoms with Gasteiger partial charge >= 0.3 is 12.1 Å². The van der Waals surface area contributed by atoms with E-state index in [2.05, 4.69) is 5.32 Å². The van der Waals surface area contributed by atoms with Crippen LogP contribution in [0.2, 0.25) is 0 Å². The highest BCUT2D eigenvalue weighted by Gasteiger charge is 2.34. The standard InChI is InChI=1S/C27H26F3NO3/c1-18-20(9-6-10-23(18)21-7-4-3-5-8-21)12-13-22-15-19(11-14-24(22)27(28,29)30)16-31-26(2,17-32)25(33)34/h3-15,31-32H,16-17H2,1-2H3,(H,33,34)/b13-12+/t26-/m0/s1/i16D2. The first kappa shape index (κ1) is 22.4. The summed E-state index contributed by atoms with van der Waals surface area (Å²) < 4.78 is 57.8. The molecule has 0 aromatic heterocycles. The van der Waals surface area contributed by atoms with E-state index in [0.29, 0.717) is 5.56 Å². The van der Waals surface area contributed by atoms with E-state index in [4.69, 9.17) is 2.74 Å². The molecule has 0 aliphatic carbocycles. The van der Waals surface area contributed by atoms with Crippen molar-refractivity contribution in [1.82, 2.24) is 5.32 Å². The van der Waals surface area contributed by atoms with Gasteiger partial charge in [-0.3, -0.25) is 10.1 Å². The second-order valence-corrected chi connectivity index (χ2v) is 8.06. The monoisotopic (exact) mass is 471 g/mol. The van der Waals surface area contributed by atoms with Gasteiger partial charge in [-0.2, -0.15) is 13.2 Å². The quantitative estimate of drug-likeness (QED) is 0.365. The summed E-state index contributed by atoms with van der Waals surface area (Å²) >= 11 is 0. The van der Waals surface area contributed by atoms with Gasteiger partial charge in [0, 0.05) is 9.24 Å². The van der Waals surface area contributed by atoms with Gasteiger partial charge in [0.1, 0.15) is 5.54 Å². The number of alkyl halides is 3. The van der Waals surface area contributed by atoms with Crippen molar-refractivity contribution in [2.24, 2.45) is 0 Å². The van der Waals surface area contributed by atoms with Crippen LogP contribution in [0.5, 0.6) is 0 Å². The third-order valence-corrected chi connectivity index (χ3v) is 5.53. The van der Waals surface area contributed by atoms with Gasteiger partial charge in [0.2, 0.25) is 0 Å². The smallest absolute Gasteiger partial charge is 0.416 e. The lowest BCUT2D eigenvalue weighted by Gasteiger charge is -2.24. The molecule has 4 nitrogen and oxygen atoms in total. The maximum atomic E-state index is 13.7. The Morgan fingerprint density at radius 3 is 2.32 bits per heavy atom. The average Bonchev–Trinajstić information content (AvgIpc) is 2.82. The first-order valence-electron chi connectivity index (χ1n) is 11.5. The van der Waals surface area contributed by atoms with Crippen molar-refractivity contribution in [3.8, 4) is 11.1 Å². The van der Waals surface area contributed by atoms with E-state index in [9.17, 15) is 28.2 Å². The molecule has 7 heteroatoms. The van der Waals surface area contributed by atoms with E-state index in [1.165, 1.54) is 12.2 Å². The van der Waals surface area contributed by atoms with Gasteiger partial charge in [-0.15, -0.1) is 0 Å². The van der Waals surface area contributed by atoms with E-state index in [0.717, 1.165) is 41.8 Å². The highest BCUT2D eigenvalue weighted by Crippen LogP contribution is 2.34. The summed E-state index contributed by atoms with van der Waals surface area (Å²) in [7, 11) is 0. The molecule has 0 spiro atoms. The Balaban J connectivity index is 2.05. The van der Waals surface area contributed by atoms with Gasteiger partial charge < -0.3 is 10.2 Å². The van der Waals surface area contributed by atoms with Crippen molar-refractivity contribution in [2.45, 2.75) is 32.1 Å². The van der Waals surface area contributed by atoms with Crippen LogP contribution in [0.25, 0.3) is 23.3 Å². The summed E-state index contributed by atoms with van der Waals surface area (Å²) in [5, 5.41) is 21.0. The summed E-state index contributed by atoms with van der Waals surface area (Å²) in [6, 6.07) is 17.8. The van der Waals surface area contributed by atoms with Crippen LogP contribution in [0.15, 0.2) is 66.7 Å². The van der Waals surface area contributed by atoms with E-state index in [1.807, 2.05) is 43.3 Å². The number of aliphatic hydroxyl groups excluding tert-OH is 1. The molecule has 1 atom stereocenters. The SMILES string of the molecule is [2H]C([2H])(N[C@@](C)(CO)C(=O)O)c1ccc(C(F)(F)F)c(/C=C/c2cccc(-c3ccccc3)c2C)c1. The first-order valence-corrected chi connectivity index (χ1v) is 10.5. The molecule has 0 aliphatic rings. The lowest BCUT2D eigenvalue weighted by Crippen LogP contribution is -2.52. The summed E-state index contributed by atoms with van der Waals surface area (Å²) in [6.07, 6.45) is -1.89. The molecule has 0 heterocycles. The Morgan fingerprint density at radius 1 is 1.03 bits per heavy atom. The molecule has 178 valence electrons. The highest BCUT2D eigenvalue weighted by molar-refractivity contribution is 5.79. The maximum Gasteiger partial charge on any atom is 0.416 e. The van der Waals surface area contributed by atoms with Gasteiger partial charge in [-0.05, 0) is 59.4 Å². The van der Waals surface area contributed by atoms with Crippen LogP contribution in [0.3, 0.4) is 0 Å². The Bertz CT molecular complexity index is 1280. The molecule has 0 radical (unpaired) electrons. The molecule has 0 saturated heterocycles. The largest absolute Gasteiger partial charge is 0.480 e. The number of rotatable bonds is 8. The van der Waals surface area contributed by atoms with Gasteiger partial charge in [-0.1, -0.05) is 66.7 Å². The van der Waals surface area contributed by atoms with Crippen LogP contribution >= 0.6 is 0 Å². The molecular weight excluding hydrogens is 443 g/mol. The normalized spacial score (nSPS) is 15.0. The van der Waals surface area contributed by atoms with Crippen molar-refractivity contribution in [3.05, 3.63) is 94.5 Å². The van der Waals surface area contributed by atoms with Crippen LogP contribution in [0.1, 0.15) is 37.5 Å². The molecule has 34 heavy (non-hydrogen) atoms. The van der Waals surface area contributed by atoms with Gasteiger partial charge in [-0.25, -0.2) is 0 Å². The van der Waals surface area contributed by atoms with E-state index < -0.39 is 36.4 Å². The number of nitrogens with one attached hydrogen (secondary N) is 1. The number of benzene rings is 3. The topological polar surface area (TPSA) is 69.6 Å². The van der Waals surface area contributed by atoms with Crippen molar-refractivity contribution in [1.29, 1.82) is 0 Å². The number of aliphatic carboxylic acids is 1. The molecule has 0 unspecified atom stereocenters. The summed E-state index contributed by atoms with van der Waals surface area (Å²) in [6.45, 7) is -0.522. The molecule has 3 N–H and O–H groups in total. The third-order valence-electron chi connectivity index (χ3n) is 5.53. The first-order chi connectivity index (χ1) is 16.8. The van der Waals surface area contributed by atoms with Gasteiger partial charge in [0.25, 0.3) is 0 Å². The summed E-state index contributed by atoms with van der Waals surface area (Å²) in [5.74, 6) is -1.50. The molecule has 0 bridgehead atoms. The number of carbonyl (C=O) groups is 1. The summed E-state index contributed by atoms with van der Waals surface area (Å²) in [5.41, 5.74) is -0.0539. The van der Waals surface area contributed by atoms with Crippen LogP contribution < -0.4 is 5.32 Å². The van der Waals surface area contributed by atoms with E-state index >= 15 is 0 Å². The van der Waals surface area contributed by atoms with Crippen molar-refractivity contribution in [3.63, 3.8) is 0 Å². The molecular formula is C27H26F3NO3. The zero-order valence-electron chi connectivity index (χ0n) is 20.6. The van der Waals surface area contributed by atoms with Crippen molar-refractivity contribution < 1.29 is 30.9 Å². The highest BCUT2D eigenvalue weighted by atomic mass is 19.4. The lowest BCUT2D eigenvalue weighted by molar-refractivity contribution is -0.146. The van der Waals surface area contributed by atoms with Crippen molar-refractivity contribution in [2.75, 3.05) is 6.61 Å². The van der Waals surface area contributed by atoms with E-state index in [-0.39, 0.29) is 11.1 Å². The molecule has 0 amide bonds. The fourth-order valence-corrected chi connectivity index (χ4v) is 3.35. The minimum absolute atomic E-state index is 0.217. The van der Waals surface area contributed by atoms with Crippen molar-refractivity contribution >= 4 is 18.1 Å². The van der Waals surface area contributed by atoms with Gasteiger partial charge in [0.05, 0.1) is 12.2 Å². The zero-order chi connectivity index (χ0) is 26.7. The average molecular weight is 472 g/mol. The Labute approximate surface area is 199 Å². The molecule has 3 rings (SSSR count). The minimum Gasteiger partial charge on any atom is -0.480 e. The fourth-order valence-electron chi connectivity index (χ4n) is 3.35. The number of carboxylic acid groups (broad SMARTS) is 1. The van der Waals surface area contributed by atoms with Gasteiger partial charge in [0.15, 0.2) is 0 Å². The van der Waals surface area contributed by atoms with Crippen LogP contribution in [-0.4, -0.2) is 28.3 Å². The lowest BCUT2D eigenvalue weighted by atomic mass is 9.95.